The van der Waals surface area contributed by atoms with Crippen LogP contribution in [-0.2, 0) is 5.33 Å². The summed E-state index contributed by atoms with van der Waals surface area (Å²) in [6.07, 6.45) is 4.92. The highest BCUT2D eigenvalue weighted by atomic mass is 79.9. The third kappa shape index (κ3) is 1.27. The first-order valence-corrected chi connectivity index (χ1v) is 4.51. The molecule has 0 bridgehead atoms. The number of aromatic nitrogens is 4. The molecule has 0 N–H and O–H groups in total. The fraction of sp³-hybridized carbons (Fsp3) is 0.143. The lowest BCUT2D eigenvalue weighted by Crippen LogP contribution is -1.93. The van der Waals surface area contributed by atoms with Gasteiger partial charge in [0, 0.05) is 12.4 Å². The molecule has 2 heterocycles. The van der Waals surface area contributed by atoms with Crippen LogP contribution < -0.4 is 0 Å². The molecule has 5 heteroatoms. The Morgan fingerprint density at radius 3 is 2.83 bits per heavy atom. The van der Waals surface area contributed by atoms with Crippen LogP contribution in [-0.4, -0.2) is 19.9 Å². The van der Waals surface area contributed by atoms with Crippen LogP contribution in [0.5, 0.6) is 0 Å². The molecule has 4 nitrogen and oxygen atoms in total. The first kappa shape index (κ1) is 7.54. The fourth-order valence-corrected chi connectivity index (χ4v) is 1.14. The summed E-state index contributed by atoms with van der Waals surface area (Å²) in [6.45, 7) is 0. The van der Waals surface area contributed by atoms with Crippen molar-refractivity contribution < 1.29 is 0 Å². The van der Waals surface area contributed by atoms with E-state index in [1.54, 1.807) is 18.6 Å². The number of hydrogen-bond donors (Lipinski definition) is 0. The van der Waals surface area contributed by atoms with Crippen LogP contribution >= 0.6 is 15.9 Å². The van der Waals surface area contributed by atoms with Crippen molar-refractivity contribution in [2.45, 2.75) is 5.33 Å². The van der Waals surface area contributed by atoms with Crippen molar-refractivity contribution >= 4 is 27.1 Å². The zero-order valence-electron chi connectivity index (χ0n) is 6.11. The maximum Gasteiger partial charge on any atom is 0.181 e. The Hall–Kier alpha value is -1.10. The highest BCUT2D eigenvalue weighted by Crippen LogP contribution is 2.04. The van der Waals surface area contributed by atoms with Crippen molar-refractivity contribution in [3.05, 3.63) is 24.4 Å². The van der Waals surface area contributed by atoms with E-state index in [-0.39, 0.29) is 0 Å². The second-order valence-corrected chi connectivity index (χ2v) is 2.75. The highest BCUT2D eigenvalue weighted by Gasteiger charge is 1.98. The lowest BCUT2D eigenvalue weighted by molar-refractivity contribution is 1.05. The van der Waals surface area contributed by atoms with Crippen LogP contribution in [0.25, 0.3) is 11.2 Å². The molecular weight excluding hydrogens is 220 g/mol. The maximum atomic E-state index is 4.16. The molecule has 0 unspecified atom stereocenters. The van der Waals surface area contributed by atoms with Gasteiger partial charge < -0.3 is 0 Å². The topological polar surface area (TPSA) is 51.6 Å². The van der Waals surface area contributed by atoms with Gasteiger partial charge in [0.25, 0.3) is 0 Å². The van der Waals surface area contributed by atoms with E-state index in [1.165, 1.54) is 0 Å². The summed E-state index contributed by atoms with van der Waals surface area (Å²) in [7, 11) is 0. The van der Waals surface area contributed by atoms with E-state index < -0.39 is 0 Å². The average molecular weight is 225 g/mol. The molecule has 0 aromatic carbocycles. The Morgan fingerprint density at radius 2 is 2.00 bits per heavy atom. The predicted molar refractivity (Wildman–Crippen MR) is 47.8 cm³/mol. The van der Waals surface area contributed by atoms with Gasteiger partial charge in [-0.05, 0) is 0 Å². The summed E-state index contributed by atoms with van der Waals surface area (Å²) in [4.78, 5) is 16.3. The summed E-state index contributed by atoms with van der Waals surface area (Å²) in [5.74, 6) is 0.725. The molecule has 0 saturated carbocycles. The van der Waals surface area contributed by atoms with Crippen LogP contribution in [0.1, 0.15) is 5.82 Å². The molecule has 2 aromatic heterocycles. The normalized spacial score (nSPS) is 10.4. The summed E-state index contributed by atoms with van der Waals surface area (Å²) < 4.78 is 0. The molecule has 0 spiro atoms. The fourth-order valence-electron chi connectivity index (χ4n) is 0.870. The Kier molecular flexibility index (Phi) is 1.95. The van der Waals surface area contributed by atoms with Gasteiger partial charge in [-0.15, -0.1) is 0 Å². The van der Waals surface area contributed by atoms with E-state index >= 15 is 0 Å². The minimum absolute atomic E-state index is 0.638. The Morgan fingerprint density at radius 1 is 1.17 bits per heavy atom. The number of hydrogen-bond acceptors (Lipinski definition) is 4. The summed E-state index contributed by atoms with van der Waals surface area (Å²) in [5, 5.41) is 0.638. The molecule has 0 aliphatic heterocycles. The van der Waals surface area contributed by atoms with Gasteiger partial charge in [-0.25, -0.2) is 19.9 Å². The van der Waals surface area contributed by atoms with Crippen molar-refractivity contribution in [2.24, 2.45) is 0 Å². The van der Waals surface area contributed by atoms with Gasteiger partial charge in [-0.1, -0.05) is 15.9 Å². The number of fused-ring (bicyclic) bond motifs is 1. The average Bonchev–Trinajstić information content (AvgIpc) is 2.17. The molecule has 0 atom stereocenters. The van der Waals surface area contributed by atoms with Crippen molar-refractivity contribution in [1.82, 2.24) is 19.9 Å². The van der Waals surface area contributed by atoms with Crippen LogP contribution in [0.4, 0.5) is 0 Å². The quantitative estimate of drug-likeness (QED) is 0.686. The van der Waals surface area contributed by atoms with Gasteiger partial charge in [0.15, 0.2) is 5.65 Å². The van der Waals surface area contributed by atoms with E-state index in [9.17, 15) is 0 Å². The van der Waals surface area contributed by atoms with E-state index in [4.69, 9.17) is 0 Å². The Bertz CT molecular complexity index is 403. The van der Waals surface area contributed by atoms with Gasteiger partial charge in [-0.3, -0.25) is 0 Å². The maximum absolute atomic E-state index is 4.16. The smallest absolute Gasteiger partial charge is 0.181 e. The Balaban J connectivity index is 2.67. The molecule has 2 rings (SSSR count). The molecule has 2 aromatic rings. The molecule has 0 saturated heterocycles. The zero-order valence-corrected chi connectivity index (χ0v) is 7.69. The minimum atomic E-state index is 0.638. The summed E-state index contributed by atoms with van der Waals surface area (Å²) in [5.41, 5.74) is 1.36. The lowest BCUT2D eigenvalue weighted by atomic mass is 10.5. The number of rotatable bonds is 1. The van der Waals surface area contributed by atoms with Crippen LogP contribution in [0.2, 0.25) is 0 Å². The molecular formula is C7H5BrN4. The van der Waals surface area contributed by atoms with Gasteiger partial charge in [-0.2, -0.15) is 0 Å². The minimum Gasteiger partial charge on any atom is -0.250 e. The van der Waals surface area contributed by atoms with Crippen molar-refractivity contribution in [3.8, 4) is 0 Å². The third-order valence-electron chi connectivity index (χ3n) is 1.40. The van der Waals surface area contributed by atoms with Crippen molar-refractivity contribution in [1.29, 1.82) is 0 Å². The molecule has 0 aliphatic rings. The van der Waals surface area contributed by atoms with E-state index in [2.05, 4.69) is 35.9 Å². The molecule has 0 radical (unpaired) electrons. The SMILES string of the molecule is BrCc1ncc2nccnc2n1. The predicted octanol–water partition coefficient (Wildman–Crippen LogP) is 1.31. The van der Waals surface area contributed by atoms with Gasteiger partial charge in [0.2, 0.25) is 0 Å². The molecule has 0 aliphatic carbocycles. The van der Waals surface area contributed by atoms with Crippen LogP contribution in [0.3, 0.4) is 0 Å². The molecule has 0 fully saturated rings. The van der Waals surface area contributed by atoms with E-state index in [0.717, 1.165) is 11.3 Å². The second-order valence-electron chi connectivity index (χ2n) is 2.19. The molecule has 12 heavy (non-hydrogen) atoms. The standard InChI is InChI=1S/C7H5BrN4/c8-3-6-11-4-5-7(12-6)10-2-1-9-5/h1-2,4H,3H2. The number of alkyl halides is 1. The first-order chi connectivity index (χ1) is 5.90. The molecule has 60 valence electrons. The number of halogens is 1. The van der Waals surface area contributed by atoms with Crippen molar-refractivity contribution in [3.63, 3.8) is 0 Å². The zero-order chi connectivity index (χ0) is 8.39. The lowest BCUT2D eigenvalue weighted by Gasteiger charge is -1.95. The van der Waals surface area contributed by atoms with Gasteiger partial charge in [0.1, 0.15) is 11.3 Å². The summed E-state index contributed by atoms with van der Waals surface area (Å²) >= 11 is 3.27. The Labute approximate surface area is 77.2 Å². The van der Waals surface area contributed by atoms with Crippen LogP contribution in [0, 0.1) is 0 Å². The highest BCUT2D eigenvalue weighted by molar-refractivity contribution is 9.08. The van der Waals surface area contributed by atoms with Gasteiger partial charge >= 0.3 is 0 Å². The largest absolute Gasteiger partial charge is 0.250 e. The monoisotopic (exact) mass is 224 g/mol. The molecule has 0 amide bonds. The van der Waals surface area contributed by atoms with Crippen LogP contribution in [0.15, 0.2) is 18.6 Å². The van der Waals surface area contributed by atoms with Crippen molar-refractivity contribution in [2.75, 3.05) is 0 Å². The van der Waals surface area contributed by atoms with E-state index in [1.807, 2.05) is 0 Å². The second kappa shape index (κ2) is 3.10. The third-order valence-corrected chi connectivity index (χ3v) is 1.90. The summed E-state index contributed by atoms with van der Waals surface area (Å²) in [6, 6.07) is 0. The first-order valence-electron chi connectivity index (χ1n) is 3.39. The van der Waals surface area contributed by atoms with E-state index in [0.29, 0.717) is 11.0 Å². The number of nitrogens with zero attached hydrogens (tertiary/aromatic N) is 4. The van der Waals surface area contributed by atoms with Gasteiger partial charge in [0.05, 0.1) is 11.5 Å².